The molecule has 0 aliphatic carbocycles. The molecule has 7 heteroatoms. The first-order valence-electron chi connectivity index (χ1n) is 5.97. The summed E-state index contributed by atoms with van der Waals surface area (Å²) >= 11 is 11.7. The molecule has 0 saturated heterocycles. The predicted octanol–water partition coefficient (Wildman–Crippen LogP) is 4.67. The molecule has 0 unspecified atom stereocenters. The van der Waals surface area contributed by atoms with Gasteiger partial charge in [-0.3, -0.25) is 10.1 Å². The number of hydrogen-bond acceptors (Lipinski definition) is 4. The van der Waals surface area contributed by atoms with Gasteiger partial charge >= 0.3 is 0 Å². The van der Waals surface area contributed by atoms with Crippen molar-refractivity contribution in [3.05, 3.63) is 67.7 Å². The molecule has 0 aromatic heterocycles. The van der Waals surface area contributed by atoms with Crippen molar-refractivity contribution in [2.24, 2.45) is 0 Å². The number of nitro benzene ring substituents is 1. The van der Waals surface area contributed by atoms with Gasteiger partial charge in [0.15, 0.2) is 5.75 Å². The highest BCUT2D eigenvalue weighted by molar-refractivity contribution is 6.37. The van der Waals surface area contributed by atoms with Gasteiger partial charge in [0.2, 0.25) is 0 Å². The molecule has 0 spiro atoms. The molecule has 0 bridgehead atoms. The third-order valence-corrected chi connectivity index (χ3v) is 3.44. The van der Waals surface area contributed by atoms with Crippen molar-refractivity contribution in [2.75, 3.05) is 0 Å². The highest BCUT2D eigenvalue weighted by atomic mass is 35.5. The van der Waals surface area contributed by atoms with E-state index < -0.39 is 4.92 Å². The Balaban J connectivity index is 2.44. The van der Waals surface area contributed by atoms with Crippen LogP contribution in [0.5, 0.6) is 5.75 Å². The predicted molar refractivity (Wildman–Crippen MR) is 84.7 cm³/mol. The van der Waals surface area contributed by atoms with Crippen LogP contribution in [0.3, 0.4) is 0 Å². The fourth-order valence-electron chi connectivity index (χ4n) is 1.78. The Morgan fingerprint density at radius 3 is 2.23 bits per heavy atom. The molecule has 110 valence electrons. The number of allylic oxidation sites excluding steroid dienone is 1. The number of halogens is 2. The van der Waals surface area contributed by atoms with E-state index in [1.165, 1.54) is 42.5 Å². The Bertz CT molecular complexity index is 786. The van der Waals surface area contributed by atoms with Crippen molar-refractivity contribution < 1.29 is 10.0 Å². The van der Waals surface area contributed by atoms with Crippen LogP contribution in [0.25, 0.3) is 11.6 Å². The zero-order valence-corrected chi connectivity index (χ0v) is 12.5. The number of phenols is 1. The summed E-state index contributed by atoms with van der Waals surface area (Å²) in [5.74, 6) is -0.227. The van der Waals surface area contributed by atoms with Crippen LogP contribution in [0.4, 0.5) is 5.69 Å². The molecule has 0 amide bonds. The average molecular weight is 335 g/mol. The number of nitriles is 1. The Morgan fingerprint density at radius 1 is 1.23 bits per heavy atom. The second-order valence-electron chi connectivity index (χ2n) is 4.31. The number of hydrogen-bond donors (Lipinski definition) is 1. The van der Waals surface area contributed by atoms with E-state index in [0.29, 0.717) is 11.1 Å². The molecule has 22 heavy (non-hydrogen) atoms. The molecule has 0 radical (unpaired) electrons. The molecule has 0 saturated carbocycles. The standard InChI is InChI=1S/C15H8Cl2N2O3/c16-13-6-9(7-14(17)15(13)20)5-11(8-18)10-1-3-12(4-2-10)19(21)22/h1-7,20H/b11-5+. The number of rotatable bonds is 3. The second kappa shape index (κ2) is 6.48. The minimum absolute atomic E-state index is 0.0586. The van der Waals surface area contributed by atoms with Gasteiger partial charge in [-0.05, 0) is 41.5 Å². The maximum absolute atomic E-state index is 10.6. The summed E-state index contributed by atoms with van der Waals surface area (Å²) in [7, 11) is 0. The largest absolute Gasteiger partial charge is 0.505 e. The summed E-state index contributed by atoms with van der Waals surface area (Å²) in [4.78, 5) is 10.1. The lowest BCUT2D eigenvalue weighted by Gasteiger charge is -2.03. The van der Waals surface area contributed by atoms with Crippen LogP contribution in [0.1, 0.15) is 11.1 Å². The normalized spacial score (nSPS) is 11.0. The van der Waals surface area contributed by atoms with E-state index in [1.807, 2.05) is 6.07 Å². The van der Waals surface area contributed by atoms with Crippen LogP contribution in [-0.2, 0) is 0 Å². The molecule has 1 N–H and O–H groups in total. The van der Waals surface area contributed by atoms with Gasteiger partial charge in [0, 0.05) is 12.1 Å². The summed E-state index contributed by atoms with van der Waals surface area (Å²) in [5, 5.41) is 29.5. The van der Waals surface area contributed by atoms with Crippen LogP contribution < -0.4 is 0 Å². The molecule has 2 aromatic carbocycles. The number of benzene rings is 2. The molecule has 0 aliphatic heterocycles. The van der Waals surface area contributed by atoms with Crippen molar-refractivity contribution in [1.29, 1.82) is 5.26 Å². The molecule has 0 atom stereocenters. The molecule has 5 nitrogen and oxygen atoms in total. The molecule has 0 heterocycles. The first-order chi connectivity index (χ1) is 10.4. The third-order valence-electron chi connectivity index (χ3n) is 2.86. The van der Waals surface area contributed by atoms with Crippen LogP contribution in [-0.4, -0.2) is 10.0 Å². The van der Waals surface area contributed by atoms with Gasteiger partial charge < -0.3 is 5.11 Å². The average Bonchev–Trinajstić information content (AvgIpc) is 2.50. The van der Waals surface area contributed by atoms with Gasteiger partial charge in [0.1, 0.15) is 0 Å². The lowest BCUT2D eigenvalue weighted by molar-refractivity contribution is -0.384. The van der Waals surface area contributed by atoms with Gasteiger partial charge in [0.05, 0.1) is 26.6 Å². The lowest BCUT2D eigenvalue weighted by atomic mass is 10.0. The molecule has 0 fully saturated rings. The minimum Gasteiger partial charge on any atom is -0.505 e. The monoisotopic (exact) mass is 334 g/mol. The van der Waals surface area contributed by atoms with Crippen molar-refractivity contribution >= 4 is 40.5 Å². The topological polar surface area (TPSA) is 87.2 Å². The van der Waals surface area contributed by atoms with E-state index in [1.54, 1.807) is 0 Å². The van der Waals surface area contributed by atoms with Gasteiger partial charge in [-0.25, -0.2) is 0 Å². The van der Waals surface area contributed by atoms with Gasteiger partial charge in [-0.2, -0.15) is 5.26 Å². The molecule has 2 aromatic rings. The Hall–Kier alpha value is -2.55. The van der Waals surface area contributed by atoms with E-state index in [0.717, 1.165) is 0 Å². The zero-order chi connectivity index (χ0) is 16.3. The zero-order valence-electron chi connectivity index (χ0n) is 11.0. The summed E-state index contributed by atoms with van der Waals surface area (Å²) in [6, 6.07) is 10.5. The van der Waals surface area contributed by atoms with E-state index in [-0.39, 0.29) is 27.1 Å². The number of aromatic hydroxyl groups is 1. The molecular formula is C15H8Cl2N2O3. The smallest absolute Gasteiger partial charge is 0.269 e. The van der Waals surface area contributed by atoms with Crippen molar-refractivity contribution in [2.45, 2.75) is 0 Å². The van der Waals surface area contributed by atoms with E-state index >= 15 is 0 Å². The minimum atomic E-state index is -0.515. The molecule has 0 aliphatic rings. The van der Waals surface area contributed by atoms with E-state index in [9.17, 15) is 20.5 Å². The molecule has 2 rings (SSSR count). The Morgan fingerprint density at radius 2 is 1.77 bits per heavy atom. The maximum atomic E-state index is 10.6. The quantitative estimate of drug-likeness (QED) is 0.382. The molecular weight excluding hydrogens is 327 g/mol. The maximum Gasteiger partial charge on any atom is 0.269 e. The SMILES string of the molecule is N#C/C(=C\c1cc(Cl)c(O)c(Cl)c1)c1ccc([N+](=O)[O-])cc1. The highest BCUT2D eigenvalue weighted by Gasteiger charge is 2.09. The number of non-ortho nitro benzene ring substituents is 1. The first-order valence-corrected chi connectivity index (χ1v) is 6.72. The Labute approximate surface area is 135 Å². The number of nitrogens with zero attached hydrogens (tertiary/aromatic N) is 2. The second-order valence-corrected chi connectivity index (χ2v) is 5.12. The summed E-state index contributed by atoms with van der Waals surface area (Å²) in [6.45, 7) is 0. The fraction of sp³-hybridized carbons (Fsp3) is 0. The van der Waals surface area contributed by atoms with Crippen LogP contribution >= 0.6 is 23.2 Å². The van der Waals surface area contributed by atoms with E-state index in [2.05, 4.69) is 0 Å². The van der Waals surface area contributed by atoms with Crippen molar-refractivity contribution in [3.8, 4) is 11.8 Å². The Kier molecular flexibility index (Phi) is 4.66. The first kappa shape index (κ1) is 15.8. The van der Waals surface area contributed by atoms with E-state index in [4.69, 9.17) is 23.2 Å². The van der Waals surface area contributed by atoms with Crippen LogP contribution in [0.2, 0.25) is 10.0 Å². The van der Waals surface area contributed by atoms with Gasteiger partial charge in [-0.15, -0.1) is 0 Å². The summed E-state index contributed by atoms with van der Waals surface area (Å²) in [6.07, 6.45) is 1.53. The lowest BCUT2D eigenvalue weighted by Crippen LogP contribution is -1.88. The van der Waals surface area contributed by atoms with Crippen molar-refractivity contribution in [1.82, 2.24) is 0 Å². The van der Waals surface area contributed by atoms with Gasteiger partial charge in [0.25, 0.3) is 5.69 Å². The number of nitro groups is 1. The van der Waals surface area contributed by atoms with Gasteiger partial charge in [-0.1, -0.05) is 23.2 Å². The summed E-state index contributed by atoms with van der Waals surface area (Å²) in [5.41, 5.74) is 1.28. The van der Waals surface area contributed by atoms with Crippen molar-refractivity contribution in [3.63, 3.8) is 0 Å². The highest BCUT2D eigenvalue weighted by Crippen LogP contribution is 2.34. The third kappa shape index (κ3) is 3.37. The summed E-state index contributed by atoms with van der Waals surface area (Å²) < 4.78 is 0. The van der Waals surface area contributed by atoms with Crippen LogP contribution in [0.15, 0.2) is 36.4 Å². The van der Waals surface area contributed by atoms with Crippen LogP contribution in [0, 0.1) is 21.4 Å². The number of phenolic OH excluding ortho intramolecular Hbond substituents is 1. The fourth-order valence-corrected chi connectivity index (χ4v) is 2.28.